The number of rotatable bonds is 15. The molecule has 3 unspecified atom stereocenters. The van der Waals surface area contributed by atoms with Crippen molar-refractivity contribution in [1.29, 1.82) is 0 Å². The molecule has 0 bridgehead atoms. The van der Waals surface area contributed by atoms with Crippen LogP contribution in [0, 0.1) is 17.7 Å². The van der Waals surface area contributed by atoms with Gasteiger partial charge in [-0.05, 0) is 92.0 Å². The lowest BCUT2D eigenvalue weighted by molar-refractivity contribution is -0.135. The number of nitrogens with zero attached hydrogens (tertiary/aromatic N) is 4. The zero-order valence-corrected chi connectivity index (χ0v) is 39.0. The SMILES string of the molecule is COC(=O)N[C@H](C(=O)N1CCC[C@H]1c1ncc(-c2ccc3c(c2)cc2n3C(c3ccc(C(F)(F)F)s3)Oc3cc(C=CC[C@@H]4CCCN4C(O)[C@@H](NC(O)OC)C(C)C)cc(F)c3-2)[nH]1)C(C)C. The normalized spacial score (nSPS) is 20.6. The number of nitrogens with one attached hydrogen (secondary N) is 3. The smallest absolute Gasteiger partial charge is 0.425 e. The Bertz CT molecular complexity index is 2610. The number of imidazole rings is 1. The van der Waals surface area contributed by atoms with E-state index in [1.807, 2.05) is 62.9 Å². The number of alkyl halides is 3. The van der Waals surface area contributed by atoms with Gasteiger partial charge in [-0.3, -0.25) is 19.6 Å². The monoisotopic (exact) mass is 951 g/mol. The van der Waals surface area contributed by atoms with Gasteiger partial charge >= 0.3 is 12.3 Å². The Morgan fingerprint density at radius 3 is 2.51 bits per heavy atom. The number of ether oxygens (including phenoxy) is 3. The summed E-state index contributed by atoms with van der Waals surface area (Å²) in [5, 5.41) is 27.8. The standard InChI is InChI=1S/C48H57F4N7O7S/c1-25(2)40(55-46(62)64-5)43(60)57-18-8-12-30(57)11-7-10-27-20-31(49)39-35-23-29-22-28(14-15-33(29)59(35)45(66-36(39)21-27)37-16-17-38(67-37)48(50,51)52)32-24-53-42(54-32)34-13-9-19-58(34)44(61)41(26(3)4)56-47(63)65-6/h7,10,14-17,20-26,30,34,40-41,43,45-46,55,60,62H,8-9,11-13,18-19H2,1-6H3,(H,53,54)(H,56,63)/t30-,34+,40+,41+,43?,45?,46?/m1/s1. The quantitative estimate of drug-likeness (QED) is 0.0507. The molecule has 3 aliphatic rings. The van der Waals surface area contributed by atoms with Gasteiger partial charge in [-0.1, -0.05) is 45.9 Å². The molecule has 5 aromatic rings. The van der Waals surface area contributed by atoms with Crippen molar-refractivity contribution in [2.45, 2.75) is 109 Å². The molecule has 6 heterocycles. The van der Waals surface area contributed by atoms with E-state index >= 15 is 4.39 Å². The molecule has 2 aromatic carbocycles. The number of hydrogen-bond acceptors (Lipinski definition) is 11. The first-order valence-corrected chi connectivity index (χ1v) is 23.4. The number of H-pyrrole nitrogens is 1. The third-order valence-electron chi connectivity index (χ3n) is 13.0. The minimum atomic E-state index is -4.57. The first-order chi connectivity index (χ1) is 32.0. The lowest BCUT2D eigenvalue weighted by Crippen LogP contribution is -2.56. The van der Waals surface area contributed by atoms with E-state index in [9.17, 15) is 33.0 Å². The van der Waals surface area contributed by atoms with Crippen LogP contribution in [0.2, 0.25) is 0 Å². The van der Waals surface area contributed by atoms with Crippen molar-refractivity contribution in [3.05, 3.63) is 87.8 Å². The number of carbonyl (C=O) groups excluding carboxylic acids is 2. The summed E-state index contributed by atoms with van der Waals surface area (Å²) in [5.41, 5.74) is 3.11. The van der Waals surface area contributed by atoms with Crippen molar-refractivity contribution >= 4 is 40.3 Å². The average molecular weight is 952 g/mol. The predicted molar refractivity (Wildman–Crippen MR) is 245 cm³/mol. The maximum absolute atomic E-state index is 16.6. The molecule has 3 aromatic heterocycles. The highest BCUT2D eigenvalue weighted by Crippen LogP contribution is 2.48. The molecule has 3 aliphatic heterocycles. The molecule has 8 rings (SSSR count). The summed E-state index contributed by atoms with van der Waals surface area (Å²) in [4.78, 5) is 37.1. The number of hydrogen-bond donors (Lipinski definition) is 5. The summed E-state index contributed by atoms with van der Waals surface area (Å²) >= 11 is 0.570. The van der Waals surface area contributed by atoms with Crippen LogP contribution in [0.4, 0.5) is 22.4 Å². The van der Waals surface area contributed by atoms with Crippen LogP contribution in [0.5, 0.6) is 5.75 Å². The topological polar surface area (TPSA) is 166 Å². The molecule has 14 nitrogen and oxygen atoms in total. The summed E-state index contributed by atoms with van der Waals surface area (Å²) in [7, 11) is 2.62. The van der Waals surface area contributed by atoms with Crippen LogP contribution in [0.1, 0.15) is 93.2 Å². The fourth-order valence-corrected chi connectivity index (χ4v) is 10.5. The molecule has 0 radical (unpaired) electrons. The van der Waals surface area contributed by atoms with E-state index in [2.05, 4.69) is 20.6 Å². The Hall–Kier alpha value is -5.31. The summed E-state index contributed by atoms with van der Waals surface area (Å²) in [6.45, 7) is 8.74. The van der Waals surface area contributed by atoms with Crippen molar-refractivity contribution in [2.24, 2.45) is 11.8 Å². The summed E-state index contributed by atoms with van der Waals surface area (Å²) in [6.07, 6.45) is 0.593. The van der Waals surface area contributed by atoms with Gasteiger partial charge in [-0.15, -0.1) is 11.3 Å². The molecule has 0 spiro atoms. The molecule has 0 saturated carbocycles. The first kappa shape index (κ1) is 48.2. The predicted octanol–water partition coefficient (Wildman–Crippen LogP) is 8.62. The number of benzene rings is 2. The zero-order chi connectivity index (χ0) is 47.9. The minimum absolute atomic E-state index is 0.0185. The van der Waals surface area contributed by atoms with Gasteiger partial charge in [0.15, 0.2) is 0 Å². The van der Waals surface area contributed by atoms with Gasteiger partial charge in [-0.2, -0.15) is 13.2 Å². The maximum Gasteiger partial charge on any atom is 0.425 e. The van der Waals surface area contributed by atoms with Gasteiger partial charge in [-0.25, -0.2) is 14.2 Å². The van der Waals surface area contributed by atoms with E-state index < -0.39 is 53.9 Å². The van der Waals surface area contributed by atoms with E-state index in [4.69, 9.17) is 14.2 Å². The van der Waals surface area contributed by atoms with E-state index in [0.717, 1.165) is 30.9 Å². The number of thiophene rings is 1. The second kappa shape index (κ2) is 19.7. The van der Waals surface area contributed by atoms with E-state index in [1.54, 1.807) is 27.8 Å². The van der Waals surface area contributed by atoms with E-state index in [1.165, 1.54) is 26.4 Å². The fourth-order valence-electron chi connectivity index (χ4n) is 9.61. The number of halogens is 4. The Kier molecular flexibility index (Phi) is 14.2. The van der Waals surface area contributed by atoms with Gasteiger partial charge in [0, 0.05) is 37.2 Å². The number of aromatic nitrogens is 3. The van der Waals surface area contributed by atoms with Gasteiger partial charge in [0.05, 0.1) is 52.7 Å². The highest BCUT2D eigenvalue weighted by Gasteiger charge is 2.40. The molecule has 360 valence electrons. The summed E-state index contributed by atoms with van der Waals surface area (Å²) < 4.78 is 76.4. The number of alkyl carbamates (subject to hydrolysis) is 1. The Labute approximate surface area is 389 Å². The Balaban J connectivity index is 1.08. The summed E-state index contributed by atoms with van der Waals surface area (Å²) in [5.74, 6) is -0.254. The van der Waals surface area contributed by atoms with Gasteiger partial charge in [0.25, 0.3) is 0 Å². The molecule has 2 fully saturated rings. The van der Waals surface area contributed by atoms with Crippen molar-refractivity contribution in [3.8, 4) is 28.3 Å². The van der Waals surface area contributed by atoms with Crippen LogP contribution in [-0.2, 0) is 20.4 Å². The van der Waals surface area contributed by atoms with Crippen LogP contribution < -0.4 is 15.4 Å². The molecule has 67 heavy (non-hydrogen) atoms. The van der Waals surface area contributed by atoms with Gasteiger partial charge < -0.3 is 39.6 Å². The largest absolute Gasteiger partial charge is 0.464 e. The average Bonchev–Trinajstić information content (AvgIpc) is 4.15. The van der Waals surface area contributed by atoms with E-state index in [0.29, 0.717) is 70.9 Å². The number of likely N-dealkylation sites (tertiary alicyclic amines) is 2. The van der Waals surface area contributed by atoms with Gasteiger partial charge in [0.2, 0.25) is 18.5 Å². The van der Waals surface area contributed by atoms with Crippen LogP contribution in [0.15, 0.2) is 60.8 Å². The van der Waals surface area contributed by atoms with E-state index in [-0.39, 0.29) is 46.0 Å². The number of amides is 2. The second-order valence-electron chi connectivity index (χ2n) is 18.1. The fraction of sp³-hybridized carbons (Fsp3) is 0.479. The van der Waals surface area contributed by atoms with Crippen molar-refractivity contribution in [1.82, 2.24) is 35.0 Å². The molecule has 7 atom stereocenters. The van der Waals surface area contributed by atoms with Crippen LogP contribution in [0.3, 0.4) is 0 Å². The molecular weight excluding hydrogens is 895 g/mol. The number of aromatic amines is 1. The number of aliphatic hydroxyl groups excluding tert-OH is 2. The van der Waals surface area contributed by atoms with Crippen LogP contribution in [-0.4, -0.2) is 105 Å². The van der Waals surface area contributed by atoms with Crippen LogP contribution >= 0.6 is 11.3 Å². The van der Waals surface area contributed by atoms with Gasteiger partial charge in [0.1, 0.15) is 34.5 Å². The van der Waals surface area contributed by atoms with Crippen LogP contribution in [0.25, 0.3) is 39.5 Å². The minimum Gasteiger partial charge on any atom is -0.464 e. The zero-order valence-electron chi connectivity index (χ0n) is 38.1. The van der Waals surface area contributed by atoms with Crippen molar-refractivity contribution in [2.75, 3.05) is 27.3 Å². The third kappa shape index (κ3) is 9.85. The highest BCUT2D eigenvalue weighted by atomic mass is 32.1. The number of fused-ring (bicyclic) bond motifs is 5. The lowest BCUT2D eigenvalue weighted by Gasteiger charge is -2.37. The molecule has 0 aliphatic carbocycles. The molecule has 2 amide bonds. The molecule has 5 N–H and O–H groups in total. The number of carbonyl (C=O) groups is 2. The number of aliphatic hydroxyl groups is 2. The third-order valence-corrected chi connectivity index (χ3v) is 14.2. The van der Waals surface area contributed by atoms with Crippen molar-refractivity contribution < 1.29 is 51.6 Å². The molecule has 2 saturated heterocycles. The highest BCUT2D eigenvalue weighted by molar-refractivity contribution is 7.12. The number of methoxy groups -OCH3 is 2. The Morgan fingerprint density at radius 2 is 1.81 bits per heavy atom. The maximum atomic E-state index is 16.6. The molecular formula is C48H57F4N7O7S. The van der Waals surface area contributed by atoms with Crippen molar-refractivity contribution in [3.63, 3.8) is 0 Å². The first-order valence-electron chi connectivity index (χ1n) is 22.6. The summed E-state index contributed by atoms with van der Waals surface area (Å²) in [6, 6.07) is 11.3. The lowest BCUT2D eigenvalue weighted by atomic mass is 10.0. The Morgan fingerprint density at radius 1 is 1.03 bits per heavy atom. The molecule has 19 heteroatoms. The second-order valence-corrected chi connectivity index (χ2v) is 19.2.